The quantitative estimate of drug-likeness (QED) is 0.217. The number of para-hydroxylation sites is 1. The lowest BCUT2D eigenvalue weighted by molar-refractivity contribution is -0.117. The number of carbonyl (C=O) groups is 2. The normalized spacial score (nSPS) is 12.2. The third kappa shape index (κ3) is 6.77. The molecule has 2 amide bonds. The summed E-state index contributed by atoms with van der Waals surface area (Å²) in [5.74, 6) is -0.941. The van der Waals surface area contributed by atoms with Gasteiger partial charge in [-0.15, -0.1) is 0 Å². The Kier molecular flexibility index (Phi) is 7.91. The monoisotopic (exact) mass is 439 g/mol. The van der Waals surface area contributed by atoms with Crippen molar-refractivity contribution in [2.24, 2.45) is 5.10 Å². The molecule has 33 heavy (non-hydrogen) atoms. The van der Waals surface area contributed by atoms with Gasteiger partial charge in [-0.3, -0.25) is 9.59 Å². The number of phenols is 1. The maximum Gasteiger partial charge on any atom is 0.287 e. The second kappa shape index (κ2) is 11.2. The topological polar surface area (TPSA) is 90.8 Å². The maximum absolute atomic E-state index is 12.9. The highest BCUT2D eigenvalue weighted by Gasteiger charge is 2.15. The molecule has 0 aliphatic heterocycles. The number of rotatable bonds is 7. The average Bonchev–Trinajstić information content (AvgIpc) is 2.83. The van der Waals surface area contributed by atoms with Crippen LogP contribution in [0.4, 0.5) is 0 Å². The Hall–Kier alpha value is -4.45. The van der Waals surface area contributed by atoms with Gasteiger partial charge in [0.25, 0.3) is 11.8 Å². The highest BCUT2D eigenvalue weighted by atomic mass is 16.3. The Labute approximate surface area is 193 Å². The van der Waals surface area contributed by atoms with Gasteiger partial charge in [-0.1, -0.05) is 66.7 Å². The van der Waals surface area contributed by atoms with E-state index >= 15 is 0 Å². The maximum atomic E-state index is 12.9. The van der Waals surface area contributed by atoms with Crippen molar-refractivity contribution in [2.75, 3.05) is 0 Å². The van der Waals surface area contributed by atoms with Crippen LogP contribution >= 0.6 is 0 Å². The highest BCUT2D eigenvalue weighted by Crippen LogP contribution is 2.16. The standard InChI is InChI=1S/C27H25N3O3/c1-19(17-21-11-5-3-6-12-21)18-24(28-26(32)22-13-7-4-8-14-22)27(33)30-29-20(2)23-15-9-10-16-25(23)31/h3-18,31H,1-2H3,(H,28,32)(H,30,33)/b19-17+,24-18-,29-20+. The van der Waals surface area contributed by atoms with Crippen LogP contribution in [0.2, 0.25) is 0 Å². The molecular formula is C27H25N3O3. The minimum atomic E-state index is -0.588. The molecule has 0 aliphatic carbocycles. The first-order chi connectivity index (χ1) is 15.9. The number of aromatic hydroxyl groups is 1. The van der Waals surface area contributed by atoms with Crippen molar-refractivity contribution in [3.05, 3.63) is 119 Å². The molecule has 6 nitrogen and oxygen atoms in total. The van der Waals surface area contributed by atoms with E-state index in [0.29, 0.717) is 16.8 Å². The van der Waals surface area contributed by atoms with Gasteiger partial charge in [0, 0.05) is 11.1 Å². The van der Waals surface area contributed by atoms with Crippen LogP contribution in [0.1, 0.15) is 35.3 Å². The minimum Gasteiger partial charge on any atom is -0.507 e. The second-order valence-electron chi connectivity index (χ2n) is 7.33. The molecule has 0 unspecified atom stereocenters. The Morgan fingerprint density at radius 2 is 1.45 bits per heavy atom. The third-order valence-corrected chi connectivity index (χ3v) is 4.71. The Morgan fingerprint density at radius 3 is 2.12 bits per heavy atom. The lowest BCUT2D eigenvalue weighted by Crippen LogP contribution is -2.33. The number of phenolic OH excluding ortho intramolecular Hbond substituents is 1. The highest BCUT2D eigenvalue weighted by molar-refractivity contribution is 6.05. The number of hydrazone groups is 1. The van der Waals surface area contributed by atoms with Crippen LogP contribution in [0, 0.1) is 0 Å². The molecule has 0 heterocycles. The van der Waals surface area contributed by atoms with Gasteiger partial charge < -0.3 is 10.4 Å². The van der Waals surface area contributed by atoms with Crippen LogP contribution in [-0.2, 0) is 4.79 Å². The summed E-state index contributed by atoms with van der Waals surface area (Å²) in [6.45, 7) is 3.51. The number of allylic oxidation sites excluding steroid dienone is 2. The van der Waals surface area contributed by atoms with Crippen LogP contribution in [0.3, 0.4) is 0 Å². The summed E-state index contributed by atoms with van der Waals surface area (Å²) in [6.07, 6.45) is 3.49. The molecule has 6 heteroatoms. The minimum absolute atomic E-state index is 0.0439. The molecule has 0 spiro atoms. The van der Waals surface area contributed by atoms with Crippen molar-refractivity contribution in [3.8, 4) is 5.75 Å². The fourth-order valence-electron chi connectivity index (χ4n) is 3.06. The summed E-state index contributed by atoms with van der Waals surface area (Å²) in [4.78, 5) is 25.6. The zero-order valence-electron chi connectivity index (χ0n) is 18.4. The van der Waals surface area contributed by atoms with Crippen molar-refractivity contribution in [2.45, 2.75) is 13.8 Å². The molecule has 0 radical (unpaired) electrons. The second-order valence-corrected chi connectivity index (χ2v) is 7.33. The molecular weight excluding hydrogens is 414 g/mol. The summed E-state index contributed by atoms with van der Waals surface area (Å²) >= 11 is 0. The van der Waals surface area contributed by atoms with E-state index in [9.17, 15) is 14.7 Å². The van der Waals surface area contributed by atoms with Crippen molar-refractivity contribution in [3.63, 3.8) is 0 Å². The summed E-state index contributed by atoms with van der Waals surface area (Å²) in [5.41, 5.74) is 5.58. The number of nitrogens with zero attached hydrogens (tertiary/aromatic N) is 1. The van der Waals surface area contributed by atoms with Gasteiger partial charge in [-0.25, -0.2) is 5.43 Å². The largest absolute Gasteiger partial charge is 0.507 e. The first-order valence-corrected chi connectivity index (χ1v) is 10.4. The van der Waals surface area contributed by atoms with E-state index in [0.717, 1.165) is 11.1 Å². The third-order valence-electron chi connectivity index (χ3n) is 4.71. The van der Waals surface area contributed by atoms with E-state index in [-0.39, 0.29) is 11.4 Å². The van der Waals surface area contributed by atoms with E-state index in [1.165, 1.54) is 0 Å². The Balaban J connectivity index is 1.86. The number of amides is 2. The van der Waals surface area contributed by atoms with Gasteiger partial charge >= 0.3 is 0 Å². The summed E-state index contributed by atoms with van der Waals surface area (Å²) in [7, 11) is 0. The molecule has 0 atom stereocenters. The smallest absolute Gasteiger partial charge is 0.287 e. The number of benzene rings is 3. The van der Waals surface area contributed by atoms with Gasteiger partial charge in [-0.2, -0.15) is 5.10 Å². The fourth-order valence-corrected chi connectivity index (χ4v) is 3.06. The van der Waals surface area contributed by atoms with Crippen molar-refractivity contribution < 1.29 is 14.7 Å². The van der Waals surface area contributed by atoms with Crippen LogP contribution in [-0.4, -0.2) is 22.6 Å². The zero-order chi connectivity index (χ0) is 23.6. The molecule has 0 fully saturated rings. The molecule has 3 aromatic rings. The van der Waals surface area contributed by atoms with E-state index in [2.05, 4.69) is 15.8 Å². The first-order valence-electron chi connectivity index (χ1n) is 10.4. The number of hydrogen-bond donors (Lipinski definition) is 3. The average molecular weight is 440 g/mol. The molecule has 166 valence electrons. The molecule has 3 N–H and O–H groups in total. The Morgan fingerprint density at radius 1 is 0.848 bits per heavy atom. The molecule has 0 bridgehead atoms. The summed E-state index contributed by atoms with van der Waals surface area (Å²) in [5, 5.41) is 16.8. The predicted molar refractivity (Wildman–Crippen MR) is 131 cm³/mol. The van der Waals surface area contributed by atoms with Crippen LogP contribution < -0.4 is 10.7 Å². The van der Waals surface area contributed by atoms with Crippen molar-refractivity contribution in [1.82, 2.24) is 10.7 Å². The van der Waals surface area contributed by atoms with Crippen molar-refractivity contribution >= 4 is 23.6 Å². The van der Waals surface area contributed by atoms with Gasteiger partial charge in [0.2, 0.25) is 0 Å². The summed E-state index contributed by atoms with van der Waals surface area (Å²) in [6, 6.07) is 25.0. The molecule has 0 aliphatic rings. The summed E-state index contributed by atoms with van der Waals surface area (Å²) < 4.78 is 0. The van der Waals surface area contributed by atoms with E-state index < -0.39 is 11.8 Å². The molecule has 0 saturated heterocycles. The van der Waals surface area contributed by atoms with Crippen molar-refractivity contribution in [1.29, 1.82) is 0 Å². The van der Waals surface area contributed by atoms with E-state index in [1.54, 1.807) is 61.5 Å². The zero-order valence-corrected chi connectivity index (χ0v) is 18.4. The van der Waals surface area contributed by atoms with E-state index in [1.807, 2.05) is 49.4 Å². The van der Waals surface area contributed by atoms with Gasteiger partial charge in [0.05, 0.1) is 5.71 Å². The molecule has 0 saturated carbocycles. The number of hydrogen-bond acceptors (Lipinski definition) is 4. The predicted octanol–water partition coefficient (Wildman–Crippen LogP) is 4.65. The Bertz CT molecular complexity index is 1210. The van der Waals surface area contributed by atoms with E-state index in [4.69, 9.17) is 0 Å². The first kappa shape index (κ1) is 23.2. The van der Waals surface area contributed by atoms with Crippen LogP contribution in [0.5, 0.6) is 5.75 Å². The van der Waals surface area contributed by atoms with Gasteiger partial charge in [-0.05, 0) is 55.3 Å². The molecule has 3 rings (SSSR count). The number of nitrogens with one attached hydrogen (secondary N) is 2. The SMILES string of the molecule is CC(/C=C(\NC(=O)c1ccccc1)C(=O)N/N=C(\C)c1ccccc1O)=C\c1ccccc1. The lowest BCUT2D eigenvalue weighted by atomic mass is 10.1. The van der Waals surface area contributed by atoms with Gasteiger partial charge in [0.15, 0.2) is 0 Å². The lowest BCUT2D eigenvalue weighted by Gasteiger charge is -2.10. The number of carbonyl (C=O) groups excluding carboxylic acids is 2. The van der Waals surface area contributed by atoms with Crippen LogP contribution in [0.15, 0.2) is 107 Å². The van der Waals surface area contributed by atoms with Gasteiger partial charge in [0.1, 0.15) is 11.4 Å². The van der Waals surface area contributed by atoms with Crippen LogP contribution in [0.25, 0.3) is 6.08 Å². The fraction of sp³-hybridized carbons (Fsp3) is 0.0741. The molecule has 0 aromatic heterocycles. The molecule has 3 aromatic carbocycles.